The first-order valence-corrected chi connectivity index (χ1v) is 8.62. The molecule has 0 aliphatic carbocycles. The standard InChI is InChI=1S/C18H18N2O3S/c1-23-15-8-4-2-6-13(15)19-17(21)10-11-20-14-7-3-5-9-16(14)24-12-18(20)22/h2-9H,10-12H2,1H3,(H,19,21). The predicted octanol–water partition coefficient (Wildman–Crippen LogP) is 3.16. The van der Waals surface area contributed by atoms with Gasteiger partial charge in [-0.3, -0.25) is 9.59 Å². The maximum atomic E-state index is 12.2. The Balaban J connectivity index is 1.65. The Bertz CT molecular complexity index is 763. The summed E-state index contributed by atoms with van der Waals surface area (Å²) in [4.78, 5) is 27.2. The quantitative estimate of drug-likeness (QED) is 0.907. The van der Waals surface area contributed by atoms with Crippen LogP contribution in [0.2, 0.25) is 0 Å². The Hall–Kier alpha value is -2.47. The highest BCUT2D eigenvalue weighted by atomic mass is 32.2. The van der Waals surface area contributed by atoms with Crippen molar-refractivity contribution in [3.63, 3.8) is 0 Å². The van der Waals surface area contributed by atoms with Crippen molar-refractivity contribution in [3.05, 3.63) is 48.5 Å². The fraction of sp³-hybridized carbons (Fsp3) is 0.222. The molecule has 0 saturated heterocycles. The van der Waals surface area contributed by atoms with Crippen molar-refractivity contribution in [2.75, 3.05) is 29.6 Å². The lowest BCUT2D eigenvalue weighted by Crippen LogP contribution is -2.37. The SMILES string of the molecule is COc1ccccc1NC(=O)CCN1C(=O)CSc2ccccc21. The van der Waals surface area contributed by atoms with Crippen LogP contribution in [0.3, 0.4) is 0 Å². The summed E-state index contributed by atoms with van der Waals surface area (Å²) < 4.78 is 5.22. The van der Waals surface area contributed by atoms with E-state index in [2.05, 4.69) is 5.32 Å². The van der Waals surface area contributed by atoms with Crippen molar-refractivity contribution in [2.24, 2.45) is 0 Å². The van der Waals surface area contributed by atoms with Crippen LogP contribution in [0.15, 0.2) is 53.4 Å². The second kappa shape index (κ2) is 7.40. The molecule has 1 heterocycles. The average Bonchev–Trinajstić information content (AvgIpc) is 2.61. The number of hydrogen-bond acceptors (Lipinski definition) is 4. The van der Waals surface area contributed by atoms with Crippen LogP contribution in [0.1, 0.15) is 6.42 Å². The third-order valence-corrected chi connectivity index (χ3v) is 4.80. The second-order valence-corrected chi connectivity index (χ2v) is 6.32. The summed E-state index contributed by atoms with van der Waals surface area (Å²) in [6, 6.07) is 15.0. The summed E-state index contributed by atoms with van der Waals surface area (Å²) in [7, 11) is 1.56. The minimum atomic E-state index is -0.150. The van der Waals surface area contributed by atoms with Gasteiger partial charge < -0.3 is 15.0 Å². The molecule has 1 aliphatic heterocycles. The number of anilines is 2. The molecule has 0 spiro atoms. The summed E-state index contributed by atoms with van der Waals surface area (Å²) in [5.74, 6) is 0.902. The van der Waals surface area contributed by atoms with Crippen LogP contribution < -0.4 is 15.0 Å². The van der Waals surface area contributed by atoms with Gasteiger partial charge >= 0.3 is 0 Å². The van der Waals surface area contributed by atoms with Crippen molar-refractivity contribution >= 4 is 35.0 Å². The topological polar surface area (TPSA) is 58.6 Å². The van der Waals surface area contributed by atoms with E-state index in [1.165, 1.54) is 11.8 Å². The summed E-state index contributed by atoms with van der Waals surface area (Å²) in [6.07, 6.45) is 0.225. The Morgan fingerprint density at radius 1 is 1.21 bits per heavy atom. The minimum absolute atomic E-state index is 0.0313. The number of ether oxygens (including phenoxy) is 1. The number of benzene rings is 2. The molecule has 0 radical (unpaired) electrons. The highest BCUT2D eigenvalue weighted by Gasteiger charge is 2.24. The van der Waals surface area contributed by atoms with E-state index in [0.29, 0.717) is 23.7 Å². The van der Waals surface area contributed by atoms with Crippen LogP contribution >= 0.6 is 11.8 Å². The lowest BCUT2D eigenvalue weighted by molar-refractivity contribution is -0.117. The van der Waals surface area contributed by atoms with Crippen LogP contribution in [0.4, 0.5) is 11.4 Å². The molecular formula is C18H18N2O3S. The van der Waals surface area contributed by atoms with Crippen molar-refractivity contribution in [1.82, 2.24) is 0 Å². The first-order chi connectivity index (χ1) is 11.7. The second-order valence-electron chi connectivity index (χ2n) is 5.30. The van der Waals surface area contributed by atoms with Gasteiger partial charge in [-0.15, -0.1) is 11.8 Å². The monoisotopic (exact) mass is 342 g/mol. The molecule has 0 atom stereocenters. The number of rotatable bonds is 5. The molecule has 124 valence electrons. The molecule has 0 aromatic heterocycles. The van der Waals surface area contributed by atoms with E-state index in [1.54, 1.807) is 24.1 Å². The first kappa shape index (κ1) is 16.4. The molecule has 2 aromatic carbocycles. The lowest BCUT2D eigenvalue weighted by Gasteiger charge is -2.28. The Morgan fingerprint density at radius 3 is 2.79 bits per heavy atom. The van der Waals surface area contributed by atoms with Crippen LogP contribution in [0.5, 0.6) is 5.75 Å². The number of carbonyl (C=O) groups excluding carboxylic acids is 2. The van der Waals surface area contributed by atoms with Gasteiger partial charge in [0.05, 0.1) is 24.2 Å². The van der Waals surface area contributed by atoms with Gasteiger partial charge in [0, 0.05) is 17.9 Å². The van der Waals surface area contributed by atoms with Gasteiger partial charge in [-0.25, -0.2) is 0 Å². The van der Waals surface area contributed by atoms with Crippen molar-refractivity contribution in [1.29, 1.82) is 0 Å². The van der Waals surface area contributed by atoms with Crippen molar-refractivity contribution in [3.8, 4) is 5.75 Å². The predicted molar refractivity (Wildman–Crippen MR) is 95.8 cm³/mol. The number of carbonyl (C=O) groups is 2. The maximum Gasteiger partial charge on any atom is 0.237 e. The first-order valence-electron chi connectivity index (χ1n) is 7.64. The van der Waals surface area contributed by atoms with Crippen LogP contribution in [-0.2, 0) is 9.59 Å². The third-order valence-electron chi connectivity index (χ3n) is 3.75. The number of amides is 2. The zero-order valence-corrected chi connectivity index (χ0v) is 14.1. The zero-order valence-electron chi connectivity index (χ0n) is 13.3. The number of fused-ring (bicyclic) bond motifs is 1. The molecule has 0 saturated carbocycles. The molecule has 1 N–H and O–H groups in total. The van der Waals surface area contributed by atoms with Gasteiger partial charge in [0.15, 0.2) is 0 Å². The van der Waals surface area contributed by atoms with Crippen LogP contribution in [-0.4, -0.2) is 31.2 Å². The van der Waals surface area contributed by atoms with E-state index >= 15 is 0 Å². The average molecular weight is 342 g/mol. The molecule has 2 amide bonds. The van der Waals surface area contributed by atoms with Gasteiger partial charge in [0.2, 0.25) is 11.8 Å². The van der Waals surface area contributed by atoms with Gasteiger partial charge in [0.1, 0.15) is 5.75 Å². The molecule has 6 heteroatoms. The van der Waals surface area contributed by atoms with Crippen LogP contribution in [0, 0.1) is 0 Å². The van der Waals surface area contributed by atoms with Gasteiger partial charge in [-0.2, -0.15) is 0 Å². The third kappa shape index (κ3) is 3.54. The Labute approximate surface area is 145 Å². The fourth-order valence-corrected chi connectivity index (χ4v) is 3.51. The molecule has 3 rings (SSSR count). The molecule has 1 aliphatic rings. The molecule has 0 bridgehead atoms. The molecule has 0 fully saturated rings. The number of hydrogen-bond donors (Lipinski definition) is 1. The normalized spacial score (nSPS) is 13.4. The highest BCUT2D eigenvalue weighted by Crippen LogP contribution is 2.34. The molecule has 5 nitrogen and oxygen atoms in total. The summed E-state index contributed by atoms with van der Waals surface area (Å²) in [5.41, 5.74) is 1.51. The molecule has 24 heavy (non-hydrogen) atoms. The summed E-state index contributed by atoms with van der Waals surface area (Å²) >= 11 is 1.53. The van der Waals surface area contributed by atoms with E-state index in [9.17, 15) is 9.59 Å². The fourth-order valence-electron chi connectivity index (χ4n) is 2.57. The van der Waals surface area contributed by atoms with E-state index in [-0.39, 0.29) is 18.2 Å². The Morgan fingerprint density at radius 2 is 1.96 bits per heavy atom. The van der Waals surface area contributed by atoms with E-state index in [0.717, 1.165) is 10.6 Å². The number of thioether (sulfide) groups is 1. The maximum absolute atomic E-state index is 12.2. The van der Waals surface area contributed by atoms with E-state index in [4.69, 9.17) is 4.74 Å². The molecule has 0 unspecified atom stereocenters. The number of nitrogens with one attached hydrogen (secondary N) is 1. The number of para-hydroxylation sites is 3. The Kier molecular flexibility index (Phi) is 5.05. The minimum Gasteiger partial charge on any atom is -0.495 e. The van der Waals surface area contributed by atoms with Gasteiger partial charge in [-0.1, -0.05) is 24.3 Å². The van der Waals surface area contributed by atoms with E-state index in [1.807, 2.05) is 36.4 Å². The number of nitrogens with zero attached hydrogens (tertiary/aromatic N) is 1. The smallest absolute Gasteiger partial charge is 0.237 e. The molecular weight excluding hydrogens is 324 g/mol. The van der Waals surface area contributed by atoms with E-state index < -0.39 is 0 Å². The summed E-state index contributed by atoms with van der Waals surface area (Å²) in [5, 5.41) is 2.83. The summed E-state index contributed by atoms with van der Waals surface area (Å²) in [6.45, 7) is 0.359. The lowest BCUT2D eigenvalue weighted by atomic mass is 10.2. The van der Waals surface area contributed by atoms with Gasteiger partial charge in [-0.05, 0) is 24.3 Å². The number of methoxy groups -OCH3 is 1. The van der Waals surface area contributed by atoms with Gasteiger partial charge in [0.25, 0.3) is 0 Å². The molecule has 2 aromatic rings. The van der Waals surface area contributed by atoms with Crippen molar-refractivity contribution < 1.29 is 14.3 Å². The zero-order chi connectivity index (χ0) is 16.9. The largest absolute Gasteiger partial charge is 0.495 e. The van der Waals surface area contributed by atoms with Crippen LogP contribution in [0.25, 0.3) is 0 Å². The highest BCUT2D eigenvalue weighted by molar-refractivity contribution is 8.00. The van der Waals surface area contributed by atoms with Crippen molar-refractivity contribution in [2.45, 2.75) is 11.3 Å².